The van der Waals surface area contributed by atoms with E-state index in [1.807, 2.05) is 24.3 Å². The Balaban J connectivity index is 1.58. The van der Waals surface area contributed by atoms with Crippen LogP contribution in [-0.4, -0.2) is 40.1 Å². The number of thioether (sulfide) groups is 2. The van der Waals surface area contributed by atoms with Gasteiger partial charge in [-0.15, -0.1) is 11.3 Å². The van der Waals surface area contributed by atoms with E-state index in [0.29, 0.717) is 6.61 Å². The van der Waals surface area contributed by atoms with Gasteiger partial charge in [0.15, 0.2) is 5.16 Å². The van der Waals surface area contributed by atoms with Crippen molar-refractivity contribution in [2.24, 2.45) is 0 Å². The Labute approximate surface area is 207 Å². The number of amides is 1. The zero-order valence-electron chi connectivity index (χ0n) is 19.4. The molecule has 1 atom stereocenters. The molecule has 3 heterocycles. The molecule has 0 radical (unpaired) electrons. The average molecular weight is 504 g/mol. The predicted molar refractivity (Wildman–Crippen MR) is 138 cm³/mol. The molecule has 0 spiro atoms. The maximum absolute atomic E-state index is 12.7. The van der Waals surface area contributed by atoms with E-state index in [-0.39, 0.29) is 17.3 Å². The van der Waals surface area contributed by atoms with Gasteiger partial charge in [-0.25, -0.2) is 9.97 Å². The number of ether oxygens (including phenoxy) is 2. The van der Waals surface area contributed by atoms with Crippen LogP contribution >= 0.6 is 34.9 Å². The molecule has 33 heavy (non-hydrogen) atoms. The Kier molecular flexibility index (Phi) is 7.83. The Morgan fingerprint density at radius 3 is 2.73 bits per heavy atom. The maximum Gasteiger partial charge on any atom is 0.234 e. The van der Waals surface area contributed by atoms with E-state index < -0.39 is 0 Å². The second-order valence-electron chi connectivity index (χ2n) is 8.18. The molecule has 6 nitrogen and oxygen atoms in total. The molecule has 2 aromatic heterocycles. The number of hydrogen-bond acceptors (Lipinski definition) is 8. The van der Waals surface area contributed by atoms with Crippen LogP contribution < -0.4 is 10.1 Å². The number of benzene rings is 1. The highest BCUT2D eigenvalue weighted by Crippen LogP contribution is 2.43. The van der Waals surface area contributed by atoms with E-state index in [9.17, 15) is 4.79 Å². The number of carbonyl (C=O) groups excluding carboxylic acids is 1. The van der Waals surface area contributed by atoms with E-state index in [1.165, 1.54) is 22.2 Å². The first-order valence-corrected chi connectivity index (χ1v) is 13.9. The SMILES string of the molecule is CCCSc1nc(SCC(=O)Nc2ccc(OC)cc2)c2c3c(sc2n1)CO[C@@](C)(CC)C3. The summed E-state index contributed by atoms with van der Waals surface area (Å²) in [5.41, 5.74) is 1.86. The van der Waals surface area contributed by atoms with Crippen molar-refractivity contribution in [2.45, 2.75) is 62.4 Å². The van der Waals surface area contributed by atoms with Crippen LogP contribution in [0.4, 0.5) is 5.69 Å². The molecule has 0 aliphatic carbocycles. The van der Waals surface area contributed by atoms with Gasteiger partial charge in [0, 0.05) is 28.1 Å². The molecule has 0 saturated carbocycles. The standard InChI is InChI=1S/C24H29N3O3S3/c1-5-11-31-23-26-21(32-14-19(28)25-15-7-9-16(29-4)10-8-15)20-17-12-24(3,6-2)30-13-18(17)33-22(20)27-23/h7-10H,5-6,11-14H2,1-4H3,(H,25,28)/t24-/m0/s1. The minimum Gasteiger partial charge on any atom is -0.497 e. The van der Waals surface area contributed by atoms with Crippen molar-refractivity contribution in [3.63, 3.8) is 0 Å². The van der Waals surface area contributed by atoms with E-state index in [1.54, 1.807) is 30.2 Å². The lowest BCUT2D eigenvalue weighted by Gasteiger charge is -2.33. The number of aromatic nitrogens is 2. The van der Waals surface area contributed by atoms with Crippen molar-refractivity contribution in [1.82, 2.24) is 9.97 Å². The van der Waals surface area contributed by atoms with Crippen LogP contribution in [0.1, 0.15) is 44.1 Å². The van der Waals surface area contributed by atoms with Gasteiger partial charge in [0.1, 0.15) is 15.6 Å². The summed E-state index contributed by atoms with van der Waals surface area (Å²) in [6, 6.07) is 7.34. The van der Waals surface area contributed by atoms with Crippen molar-refractivity contribution in [2.75, 3.05) is 23.9 Å². The molecule has 9 heteroatoms. The van der Waals surface area contributed by atoms with Crippen molar-refractivity contribution < 1.29 is 14.3 Å². The van der Waals surface area contributed by atoms with Gasteiger partial charge in [-0.1, -0.05) is 37.4 Å². The van der Waals surface area contributed by atoms with Gasteiger partial charge in [0.2, 0.25) is 5.91 Å². The van der Waals surface area contributed by atoms with Crippen LogP contribution in [0.3, 0.4) is 0 Å². The highest BCUT2D eigenvalue weighted by molar-refractivity contribution is 8.00. The van der Waals surface area contributed by atoms with Crippen LogP contribution in [0.2, 0.25) is 0 Å². The number of hydrogen-bond donors (Lipinski definition) is 1. The van der Waals surface area contributed by atoms with Gasteiger partial charge in [-0.2, -0.15) is 0 Å². The minimum absolute atomic E-state index is 0.0643. The van der Waals surface area contributed by atoms with Gasteiger partial charge in [0.05, 0.1) is 25.1 Å². The number of anilines is 1. The van der Waals surface area contributed by atoms with E-state index >= 15 is 0 Å². The molecule has 1 amide bonds. The average Bonchev–Trinajstić information content (AvgIpc) is 3.19. The minimum atomic E-state index is -0.176. The lowest BCUT2D eigenvalue weighted by Crippen LogP contribution is -2.33. The highest BCUT2D eigenvalue weighted by atomic mass is 32.2. The summed E-state index contributed by atoms with van der Waals surface area (Å²) in [7, 11) is 1.62. The van der Waals surface area contributed by atoms with Crippen molar-refractivity contribution in [3.05, 3.63) is 34.7 Å². The monoisotopic (exact) mass is 503 g/mol. The largest absolute Gasteiger partial charge is 0.497 e. The van der Waals surface area contributed by atoms with Gasteiger partial charge < -0.3 is 14.8 Å². The number of nitrogens with one attached hydrogen (secondary N) is 1. The number of carbonyl (C=O) groups is 1. The summed E-state index contributed by atoms with van der Waals surface area (Å²) in [5, 5.41) is 5.72. The fraction of sp³-hybridized carbons (Fsp3) is 0.458. The first-order valence-electron chi connectivity index (χ1n) is 11.1. The summed E-state index contributed by atoms with van der Waals surface area (Å²) < 4.78 is 11.3. The van der Waals surface area contributed by atoms with Gasteiger partial charge >= 0.3 is 0 Å². The summed E-state index contributed by atoms with van der Waals surface area (Å²) in [5.74, 6) is 1.94. The lowest BCUT2D eigenvalue weighted by atomic mass is 9.90. The number of nitrogens with zero attached hydrogens (tertiary/aromatic N) is 2. The molecule has 3 aromatic rings. The number of fused-ring (bicyclic) bond motifs is 3. The molecule has 4 rings (SSSR count). The molecule has 0 fully saturated rings. The molecule has 1 aromatic carbocycles. The Hall–Kier alpha value is -1.81. The molecular formula is C24H29N3O3S3. The number of methoxy groups -OCH3 is 1. The van der Waals surface area contributed by atoms with Crippen LogP contribution in [-0.2, 0) is 22.6 Å². The zero-order chi connectivity index (χ0) is 23.4. The van der Waals surface area contributed by atoms with Crippen LogP contribution in [0, 0.1) is 0 Å². The fourth-order valence-corrected chi connectivity index (χ4v) is 6.45. The first kappa shape index (κ1) is 24.3. The van der Waals surface area contributed by atoms with Gasteiger partial charge in [0.25, 0.3) is 0 Å². The van der Waals surface area contributed by atoms with Crippen molar-refractivity contribution in [3.8, 4) is 5.75 Å². The lowest BCUT2D eigenvalue weighted by molar-refractivity contribution is -0.113. The zero-order valence-corrected chi connectivity index (χ0v) is 21.8. The summed E-state index contributed by atoms with van der Waals surface area (Å²) in [4.78, 5) is 24.6. The molecule has 0 bridgehead atoms. The molecule has 176 valence electrons. The topological polar surface area (TPSA) is 73.3 Å². The number of rotatable bonds is 9. The third-order valence-corrected chi connectivity index (χ3v) is 8.81. The normalized spacial score (nSPS) is 17.7. The third kappa shape index (κ3) is 5.65. The number of thiophene rings is 1. The molecule has 0 saturated heterocycles. The van der Waals surface area contributed by atoms with Gasteiger partial charge in [-0.3, -0.25) is 4.79 Å². The quantitative estimate of drug-likeness (QED) is 0.212. The van der Waals surface area contributed by atoms with Crippen LogP contribution in [0.25, 0.3) is 10.2 Å². The van der Waals surface area contributed by atoms with Crippen molar-refractivity contribution in [1.29, 1.82) is 0 Å². The van der Waals surface area contributed by atoms with E-state index in [4.69, 9.17) is 19.4 Å². The second kappa shape index (κ2) is 10.6. The van der Waals surface area contributed by atoms with Crippen LogP contribution in [0.15, 0.2) is 34.4 Å². The van der Waals surface area contributed by atoms with Gasteiger partial charge in [-0.05, 0) is 49.6 Å². The fourth-order valence-electron chi connectivity index (χ4n) is 3.61. The smallest absolute Gasteiger partial charge is 0.234 e. The molecule has 1 N–H and O–H groups in total. The molecule has 1 aliphatic rings. The summed E-state index contributed by atoms with van der Waals surface area (Å²) in [6.07, 6.45) is 2.85. The highest BCUT2D eigenvalue weighted by Gasteiger charge is 2.33. The van der Waals surface area contributed by atoms with Crippen LogP contribution in [0.5, 0.6) is 5.75 Å². The molecule has 1 aliphatic heterocycles. The first-order chi connectivity index (χ1) is 15.9. The Morgan fingerprint density at radius 1 is 1.24 bits per heavy atom. The predicted octanol–water partition coefficient (Wildman–Crippen LogP) is 6.17. The molecular weight excluding hydrogens is 474 g/mol. The molecule has 0 unspecified atom stereocenters. The third-order valence-electron chi connectivity index (χ3n) is 5.68. The Bertz CT molecular complexity index is 1130. The van der Waals surface area contributed by atoms with E-state index in [0.717, 1.165) is 56.9 Å². The van der Waals surface area contributed by atoms with Crippen molar-refractivity contribution >= 4 is 56.7 Å². The summed E-state index contributed by atoms with van der Waals surface area (Å²) in [6.45, 7) is 7.09. The summed E-state index contributed by atoms with van der Waals surface area (Å²) >= 11 is 4.85. The van der Waals surface area contributed by atoms with E-state index in [2.05, 4.69) is 26.1 Å². The second-order valence-corrected chi connectivity index (χ2v) is 11.3. The maximum atomic E-state index is 12.7. The Morgan fingerprint density at radius 2 is 2.03 bits per heavy atom.